The third-order valence-electron chi connectivity index (χ3n) is 2.59. The van der Waals surface area contributed by atoms with Crippen LogP contribution in [0, 0.1) is 0 Å². The summed E-state index contributed by atoms with van der Waals surface area (Å²) in [5.41, 5.74) is 0. The molecule has 1 heterocycles. The van der Waals surface area contributed by atoms with Crippen LogP contribution in [0.1, 0.15) is 0 Å². The van der Waals surface area contributed by atoms with Gasteiger partial charge >= 0.3 is 0 Å². The molecule has 0 radical (unpaired) electrons. The minimum absolute atomic E-state index is 0.00238. The van der Waals surface area contributed by atoms with E-state index in [0.717, 1.165) is 0 Å². The van der Waals surface area contributed by atoms with E-state index in [9.17, 15) is 10.2 Å². The second-order valence-electron chi connectivity index (χ2n) is 3.75. The largest absolute Gasteiger partial charge is 0.503 e. The fraction of sp³-hybridized carbons (Fsp3) is 0. The number of ether oxygens (including phenoxy) is 2. The van der Waals surface area contributed by atoms with E-state index in [1.165, 1.54) is 0 Å². The molecule has 98 valence electrons. The third kappa shape index (κ3) is 1.75. The lowest BCUT2D eigenvalue weighted by Gasteiger charge is -2.23. The molecule has 0 aromatic heterocycles. The summed E-state index contributed by atoms with van der Waals surface area (Å²) in [6, 6.07) is 4.87. The van der Waals surface area contributed by atoms with Crippen molar-refractivity contribution in [1.29, 1.82) is 0 Å². The van der Waals surface area contributed by atoms with Crippen LogP contribution in [0.4, 0.5) is 0 Å². The van der Waals surface area contributed by atoms with Crippen molar-refractivity contribution in [1.82, 2.24) is 0 Å². The highest BCUT2D eigenvalue weighted by atomic mass is 35.5. The molecule has 4 nitrogen and oxygen atoms in total. The quantitative estimate of drug-likeness (QED) is 0.575. The van der Waals surface area contributed by atoms with Gasteiger partial charge in [0, 0.05) is 0 Å². The standard InChI is InChI=1S/C12H5Cl3O4/c13-4-2-1-3-5-10(4)19-11-7(15)6(14)8(16)9(17)12(11)18-5/h1-3,16-17H. The molecule has 0 saturated carbocycles. The van der Waals surface area contributed by atoms with Crippen molar-refractivity contribution in [2.45, 2.75) is 0 Å². The molecule has 0 fully saturated rings. The van der Waals surface area contributed by atoms with Gasteiger partial charge in [-0.05, 0) is 12.1 Å². The molecule has 1 aliphatic rings. The number of rotatable bonds is 0. The summed E-state index contributed by atoms with van der Waals surface area (Å²) in [6.45, 7) is 0. The molecule has 0 unspecified atom stereocenters. The van der Waals surface area contributed by atoms with Crippen molar-refractivity contribution in [2.24, 2.45) is 0 Å². The third-order valence-corrected chi connectivity index (χ3v) is 3.72. The Kier molecular flexibility index (Phi) is 2.82. The second-order valence-corrected chi connectivity index (χ2v) is 4.92. The Bertz CT molecular complexity index is 700. The average Bonchev–Trinajstić information content (AvgIpc) is 2.42. The normalized spacial score (nSPS) is 12.2. The molecule has 3 rings (SSSR count). The molecule has 2 aromatic carbocycles. The van der Waals surface area contributed by atoms with Crippen LogP contribution in [-0.2, 0) is 0 Å². The number of fused-ring (bicyclic) bond motifs is 2. The van der Waals surface area contributed by atoms with Crippen LogP contribution in [0.25, 0.3) is 0 Å². The fourth-order valence-corrected chi connectivity index (χ4v) is 2.28. The first-order valence-corrected chi connectivity index (χ1v) is 6.21. The Balaban J connectivity index is 2.26. The van der Waals surface area contributed by atoms with E-state index < -0.39 is 11.5 Å². The van der Waals surface area contributed by atoms with Crippen LogP contribution in [0.3, 0.4) is 0 Å². The number of hydrogen-bond donors (Lipinski definition) is 2. The van der Waals surface area contributed by atoms with Crippen molar-refractivity contribution < 1.29 is 19.7 Å². The molecular weight excluding hydrogens is 314 g/mol. The summed E-state index contributed by atoms with van der Waals surface area (Å²) in [7, 11) is 0. The Hall–Kier alpha value is -1.49. The van der Waals surface area contributed by atoms with E-state index in [1.54, 1.807) is 18.2 Å². The zero-order chi connectivity index (χ0) is 13.7. The molecule has 0 amide bonds. The Morgan fingerprint density at radius 2 is 1.53 bits per heavy atom. The van der Waals surface area contributed by atoms with E-state index in [2.05, 4.69) is 0 Å². The molecule has 0 aliphatic carbocycles. The number of hydrogen-bond acceptors (Lipinski definition) is 4. The summed E-state index contributed by atoms with van der Waals surface area (Å²) >= 11 is 17.7. The number of aromatic hydroxyl groups is 2. The van der Waals surface area contributed by atoms with Crippen molar-refractivity contribution in [3.05, 3.63) is 33.3 Å². The van der Waals surface area contributed by atoms with E-state index in [0.29, 0.717) is 10.8 Å². The molecule has 0 atom stereocenters. The van der Waals surface area contributed by atoms with Crippen molar-refractivity contribution in [3.8, 4) is 34.5 Å². The van der Waals surface area contributed by atoms with Gasteiger partial charge in [-0.1, -0.05) is 40.9 Å². The van der Waals surface area contributed by atoms with Gasteiger partial charge < -0.3 is 19.7 Å². The van der Waals surface area contributed by atoms with Gasteiger partial charge in [-0.3, -0.25) is 0 Å². The lowest BCUT2D eigenvalue weighted by Crippen LogP contribution is -2.01. The topological polar surface area (TPSA) is 58.9 Å². The minimum atomic E-state index is -0.570. The summed E-state index contributed by atoms with van der Waals surface area (Å²) < 4.78 is 11.0. The van der Waals surface area contributed by atoms with Crippen molar-refractivity contribution >= 4 is 34.8 Å². The maximum atomic E-state index is 9.81. The van der Waals surface area contributed by atoms with Crippen LogP contribution in [0.5, 0.6) is 34.5 Å². The summed E-state index contributed by atoms with van der Waals surface area (Å²) in [5.74, 6) is -0.661. The lowest BCUT2D eigenvalue weighted by molar-refractivity contribution is 0.325. The average molecular weight is 320 g/mol. The maximum Gasteiger partial charge on any atom is 0.217 e. The van der Waals surface area contributed by atoms with Crippen LogP contribution < -0.4 is 9.47 Å². The van der Waals surface area contributed by atoms with Crippen molar-refractivity contribution in [3.63, 3.8) is 0 Å². The molecule has 0 spiro atoms. The summed E-state index contributed by atoms with van der Waals surface area (Å²) in [5, 5.41) is 19.5. The van der Waals surface area contributed by atoms with Gasteiger partial charge in [0.1, 0.15) is 10.0 Å². The van der Waals surface area contributed by atoms with Gasteiger partial charge in [-0.15, -0.1) is 0 Å². The van der Waals surface area contributed by atoms with E-state index in [-0.39, 0.29) is 27.3 Å². The highest BCUT2D eigenvalue weighted by Gasteiger charge is 2.31. The van der Waals surface area contributed by atoms with E-state index in [1.807, 2.05) is 0 Å². The highest BCUT2D eigenvalue weighted by molar-refractivity contribution is 6.44. The number of phenols is 2. The molecule has 0 bridgehead atoms. The van der Waals surface area contributed by atoms with Crippen LogP contribution in [0.15, 0.2) is 18.2 Å². The summed E-state index contributed by atoms with van der Waals surface area (Å²) in [4.78, 5) is 0. The number of halogens is 3. The smallest absolute Gasteiger partial charge is 0.217 e. The lowest BCUT2D eigenvalue weighted by atomic mass is 10.2. The maximum absolute atomic E-state index is 9.81. The molecule has 2 N–H and O–H groups in total. The Morgan fingerprint density at radius 3 is 2.26 bits per heavy atom. The van der Waals surface area contributed by atoms with Crippen LogP contribution in [0.2, 0.25) is 15.1 Å². The van der Waals surface area contributed by atoms with Gasteiger partial charge in [-0.2, -0.15) is 0 Å². The first-order valence-electron chi connectivity index (χ1n) is 5.07. The Labute approximate surface area is 122 Å². The molecular formula is C12H5Cl3O4. The predicted octanol–water partition coefficient (Wildman–Crippen LogP) is 4.96. The highest BCUT2D eigenvalue weighted by Crippen LogP contribution is 2.59. The molecule has 7 heteroatoms. The zero-order valence-corrected chi connectivity index (χ0v) is 11.3. The van der Waals surface area contributed by atoms with E-state index in [4.69, 9.17) is 44.3 Å². The van der Waals surface area contributed by atoms with Crippen molar-refractivity contribution in [2.75, 3.05) is 0 Å². The summed E-state index contributed by atoms with van der Waals surface area (Å²) in [6.07, 6.45) is 0. The van der Waals surface area contributed by atoms with Gasteiger partial charge in [0.05, 0.1) is 5.02 Å². The molecule has 1 aliphatic heterocycles. The van der Waals surface area contributed by atoms with Gasteiger partial charge in [-0.25, -0.2) is 0 Å². The predicted molar refractivity (Wildman–Crippen MR) is 71.4 cm³/mol. The number of benzene rings is 2. The van der Waals surface area contributed by atoms with E-state index >= 15 is 0 Å². The number of phenolic OH excluding ortho intramolecular Hbond substituents is 2. The van der Waals surface area contributed by atoms with Gasteiger partial charge in [0.2, 0.25) is 11.5 Å². The molecule has 0 saturated heterocycles. The minimum Gasteiger partial charge on any atom is -0.503 e. The van der Waals surface area contributed by atoms with Gasteiger partial charge in [0.15, 0.2) is 23.0 Å². The second kappa shape index (κ2) is 4.27. The molecule has 2 aromatic rings. The Morgan fingerprint density at radius 1 is 0.789 bits per heavy atom. The monoisotopic (exact) mass is 318 g/mol. The number of para-hydroxylation sites is 1. The SMILES string of the molecule is Oc1c(O)c2c(c(Cl)c1Cl)Oc1c(Cl)cccc1O2. The first kappa shape index (κ1) is 12.5. The van der Waals surface area contributed by atoms with Crippen LogP contribution >= 0.6 is 34.8 Å². The van der Waals surface area contributed by atoms with Crippen LogP contribution in [-0.4, -0.2) is 10.2 Å². The zero-order valence-electron chi connectivity index (χ0n) is 9.08. The fourth-order valence-electron chi connectivity index (χ4n) is 1.69. The molecule has 19 heavy (non-hydrogen) atoms. The van der Waals surface area contributed by atoms with Gasteiger partial charge in [0.25, 0.3) is 0 Å². The first-order chi connectivity index (χ1) is 9.00.